The SMILES string of the molecule is NC(=S)c1ccncc1N(CCO)C1CCCC1. The Morgan fingerprint density at radius 3 is 2.83 bits per heavy atom. The van der Waals surface area contributed by atoms with Gasteiger partial charge >= 0.3 is 0 Å². The molecule has 5 heteroatoms. The van der Waals surface area contributed by atoms with Crippen molar-refractivity contribution in [1.29, 1.82) is 0 Å². The first-order valence-corrected chi connectivity index (χ1v) is 6.76. The van der Waals surface area contributed by atoms with Crippen molar-refractivity contribution in [2.45, 2.75) is 31.7 Å². The minimum atomic E-state index is 0.127. The molecule has 0 aromatic carbocycles. The maximum absolute atomic E-state index is 9.26. The van der Waals surface area contributed by atoms with Gasteiger partial charge in [-0.15, -0.1) is 0 Å². The first-order chi connectivity index (χ1) is 8.74. The van der Waals surface area contributed by atoms with Gasteiger partial charge < -0.3 is 15.7 Å². The molecular formula is C13H19N3OS. The van der Waals surface area contributed by atoms with Crippen LogP contribution in [-0.4, -0.2) is 34.3 Å². The lowest BCUT2D eigenvalue weighted by Gasteiger charge is -2.31. The van der Waals surface area contributed by atoms with E-state index in [9.17, 15) is 5.11 Å². The summed E-state index contributed by atoms with van der Waals surface area (Å²) in [6.07, 6.45) is 8.30. The zero-order valence-electron chi connectivity index (χ0n) is 10.4. The molecule has 0 atom stereocenters. The number of aromatic nitrogens is 1. The summed E-state index contributed by atoms with van der Waals surface area (Å²) in [4.78, 5) is 6.75. The van der Waals surface area contributed by atoms with E-state index in [4.69, 9.17) is 18.0 Å². The summed E-state index contributed by atoms with van der Waals surface area (Å²) >= 11 is 5.09. The highest BCUT2D eigenvalue weighted by Gasteiger charge is 2.24. The minimum absolute atomic E-state index is 0.127. The van der Waals surface area contributed by atoms with E-state index < -0.39 is 0 Å². The molecule has 0 aliphatic heterocycles. The van der Waals surface area contributed by atoms with Crippen molar-refractivity contribution in [1.82, 2.24) is 4.98 Å². The van der Waals surface area contributed by atoms with E-state index in [0.29, 0.717) is 17.6 Å². The lowest BCUT2D eigenvalue weighted by Crippen LogP contribution is -2.37. The summed E-state index contributed by atoms with van der Waals surface area (Å²) in [6.45, 7) is 0.730. The monoisotopic (exact) mass is 265 g/mol. The van der Waals surface area contributed by atoms with E-state index in [1.807, 2.05) is 6.07 Å². The summed E-state index contributed by atoms with van der Waals surface area (Å²) in [6, 6.07) is 2.31. The van der Waals surface area contributed by atoms with Crippen LogP contribution < -0.4 is 10.6 Å². The van der Waals surface area contributed by atoms with Gasteiger partial charge in [0, 0.05) is 24.3 Å². The molecule has 1 saturated carbocycles. The van der Waals surface area contributed by atoms with Gasteiger partial charge in [-0.05, 0) is 18.9 Å². The highest BCUT2D eigenvalue weighted by atomic mass is 32.1. The molecule has 4 nitrogen and oxygen atoms in total. The Morgan fingerprint density at radius 2 is 2.22 bits per heavy atom. The maximum atomic E-state index is 9.26. The molecule has 1 heterocycles. The molecule has 0 radical (unpaired) electrons. The van der Waals surface area contributed by atoms with Crippen molar-refractivity contribution in [2.75, 3.05) is 18.1 Å². The Bertz CT molecular complexity index is 418. The second-order valence-electron chi connectivity index (χ2n) is 4.61. The van der Waals surface area contributed by atoms with Crippen molar-refractivity contribution in [3.63, 3.8) is 0 Å². The van der Waals surface area contributed by atoms with Gasteiger partial charge in [0.05, 0.1) is 18.5 Å². The zero-order chi connectivity index (χ0) is 13.0. The van der Waals surface area contributed by atoms with Crippen LogP contribution in [0, 0.1) is 0 Å². The predicted molar refractivity (Wildman–Crippen MR) is 76.8 cm³/mol. The van der Waals surface area contributed by atoms with Crippen LogP contribution in [0.4, 0.5) is 5.69 Å². The van der Waals surface area contributed by atoms with Gasteiger partial charge in [0.1, 0.15) is 4.99 Å². The number of aliphatic hydroxyl groups is 1. The summed E-state index contributed by atoms with van der Waals surface area (Å²) in [5, 5.41) is 9.26. The summed E-state index contributed by atoms with van der Waals surface area (Å²) in [5.41, 5.74) is 7.56. The standard InChI is InChI=1S/C13H19N3OS/c14-13(18)11-5-6-15-9-12(11)16(7-8-17)10-3-1-2-4-10/h5-6,9-10,17H,1-4,7-8H2,(H2,14,18). The lowest BCUT2D eigenvalue weighted by atomic mass is 10.1. The van der Waals surface area contributed by atoms with Gasteiger partial charge in [0.25, 0.3) is 0 Å². The van der Waals surface area contributed by atoms with Crippen LogP contribution >= 0.6 is 12.2 Å². The molecule has 0 unspecified atom stereocenters. The van der Waals surface area contributed by atoms with Gasteiger partial charge in [0.15, 0.2) is 0 Å². The Labute approximate surface area is 113 Å². The van der Waals surface area contributed by atoms with Crippen LogP contribution in [-0.2, 0) is 0 Å². The molecule has 2 rings (SSSR count). The minimum Gasteiger partial charge on any atom is -0.395 e. The van der Waals surface area contributed by atoms with E-state index >= 15 is 0 Å². The predicted octanol–water partition coefficient (Wildman–Crippen LogP) is 1.46. The maximum Gasteiger partial charge on any atom is 0.106 e. The average molecular weight is 265 g/mol. The number of nitrogens with two attached hydrogens (primary N) is 1. The Hall–Kier alpha value is -1.20. The van der Waals surface area contributed by atoms with E-state index in [2.05, 4.69) is 9.88 Å². The third-order valence-electron chi connectivity index (χ3n) is 3.48. The number of thiocarbonyl (C=S) groups is 1. The van der Waals surface area contributed by atoms with Crippen molar-refractivity contribution in [3.05, 3.63) is 24.0 Å². The molecule has 18 heavy (non-hydrogen) atoms. The molecule has 0 saturated heterocycles. The number of rotatable bonds is 5. The van der Waals surface area contributed by atoms with Gasteiger partial charge in [-0.3, -0.25) is 4.98 Å². The Morgan fingerprint density at radius 1 is 1.50 bits per heavy atom. The van der Waals surface area contributed by atoms with Gasteiger partial charge in [-0.2, -0.15) is 0 Å². The Balaban J connectivity index is 2.32. The van der Waals surface area contributed by atoms with Crippen LogP contribution in [0.3, 0.4) is 0 Å². The highest BCUT2D eigenvalue weighted by molar-refractivity contribution is 7.80. The molecular weight excluding hydrogens is 246 g/mol. The van der Waals surface area contributed by atoms with Crippen molar-refractivity contribution < 1.29 is 5.11 Å². The van der Waals surface area contributed by atoms with Crippen molar-refractivity contribution in [2.24, 2.45) is 5.73 Å². The van der Waals surface area contributed by atoms with E-state index in [1.165, 1.54) is 12.8 Å². The van der Waals surface area contributed by atoms with Gasteiger partial charge in [0.2, 0.25) is 0 Å². The molecule has 0 bridgehead atoms. The summed E-state index contributed by atoms with van der Waals surface area (Å²) < 4.78 is 0. The molecule has 0 amide bonds. The van der Waals surface area contributed by atoms with E-state index in [-0.39, 0.29) is 6.61 Å². The lowest BCUT2D eigenvalue weighted by molar-refractivity contribution is 0.297. The second kappa shape index (κ2) is 6.11. The van der Waals surface area contributed by atoms with Crippen LogP contribution in [0.1, 0.15) is 31.2 Å². The first-order valence-electron chi connectivity index (χ1n) is 6.35. The number of hydrogen-bond donors (Lipinski definition) is 2. The fraction of sp³-hybridized carbons (Fsp3) is 0.538. The first kappa shape index (κ1) is 13.2. The van der Waals surface area contributed by atoms with Crippen LogP contribution in [0.2, 0.25) is 0 Å². The molecule has 3 N–H and O–H groups in total. The molecule has 1 aromatic heterocycles. The third-order valence-corrected chi connectivity index (χ3v) is 3.70. The molecule has 1 aliphatic rings. The fourth-order valence-corrected chi connectivity index (χ4v) is 2.82. The molecule has 1 aromatic rings. The number of pyridine rings is 1. The number of nitrogens with zero attached hydrogens (tertiary/aromatic N) is 2. The second-order valence-corrected chi connectivity index (χ2v) is 5.05. The Kier molecular flexibility index (Phi) is 4.49. The van der Waals surface area contributed by atoms with E-state index in [0.717, 1.165) is 24.1 Å². The van der Waals surface area contributed by atoms with E-state index in [1.54, 1.807) is 12.4 Å². The smallest absolute Gasteiger partial charge is 0.106 e. The average Bonchev–Trinajstić information content (AvgIpc) is 2.89. The third kappa shape index (κ3) is 2.79. The number of hydrogen-bond acceptors (Lipinski definition) is 4. The quantitative estimate of drug-likeness (QED) is 0.789. The van der Waals surface area contributed by atoms with Crippen molar-refractivity contribution >= 4 is 22.9 Å². The van der Waals surface area contributed by atoms with Gasteiger partial charge in [-0.1, -0.05) is 25.1 Å². The van der Waals surface area contributed by atoms with Crippen molar-refractivity contribution in [3.8, 4) is 0 Å². The van der Waals surface area contributed by atoms with Crippen LogP contribution in [0.5, 0.6) is 0 Å². The topological polar surface area (TPSA) is 62.4 Å². The molecule has 1 fully saturated rings. The number of anilines is 1. The highest BCUT2D eigenvalue weighted by Crippen LogP contribution is 2.29. The normalized spacial score (nSPS) is 15.8. The fourth-order valence-electron chi connectivity index (χ4n) is 2.65. The molecule has 98 valence electrons. The summed E-state index contributed by atoms with van der Waals surface area (Å²) in [7, 11) is 0. The van der Waals surface area contributed by atoms with Crippen LogP contribution in [0.15, 0.2) is 18.5 Å². The largest absolute Gasteiger partial charge is 0.395 e. The summed E-state index contributed by atoms with van der Waals surface area (Å²) in [5.74, 6) is 0. The van der Waals surface area contributed by atoms with Gasteiger partial charge in [-0.25, -0.2) is 0 Å². The zero-order valence-corrected chi connectivity index (χ0v) is 11.2. The molecule has 0 spiro atoms. The van der Waals surface area contributed by atoms with Crippen LogP contribution in [0.25, 0.3) is 0 Å². The molecule has 1 aliphatic carbocycles. The number of aliphatic hydroxyl groups excluding tert-OH is 1.